The largest absolute Gasteiger partial charge is 0.439 e. The Bertz CT molecular complexity index is 1250. The van der Waals surface area contributed by atoms with Crippen molar-refractivity contribution < 1.29 is 17.6 Å². The number of aromatic nitrogens is 1. The van der Waals surface area contributed by atoms with Gasteiger partial charge in [0, 0.05) is 16.1 Å². The van der Waals surface area contributed by atoms with Gasteiger partial charge in [-0.05, 0) is 60.0 Å². The number of hydrogen-bond acceptors (Lipinski definition) is 6. The van der Waals surface area contributed by atoms with Crippen molar-refractivity contribution in [3.05, 3.63) is 94.0 Å². The maximum absolute atomic E-state index is 13.2. The number of nitrogens with zero attached hydrogens (tertiary/aromatic N) is 2. The maximum Gasteiger partial charge on any atom is 0.295 e. The number of halogens is 1. The van der Waals surface area contributed by atoms with Gasteiger partial charge < -0.3 is 4.42 Å². The summed E-state index contributed by atoms with van der Waals surface area (Å²) in [4.78, 5) is 19.9. The summed E-state index contributed by atoms with van der Waals surface area (Å²) >= 11 is 7.34. The molecule has 0 aliphatic carbocycles. The third-order valence-corrected chi connectivity index (χ3v) is 7.00. The molecule has 0 N–H and O–H groups in total. The fraction of sp³-hybridized carbons (Fsp3) is 0.0476. The molecule has 0 saturated carbocycles. The molecule has 0 aliphatic heterocycles. The highest BCUT2D eigenvalue weighted by molar-refractivity contribution is 7.91. The summed E-state index contributed by atoms with van der Waals surface area (Å²) in [5.41, 5.74) is 0. The van der Waals surface area contributed by atoms with Gasteiger partial charge in [0.1, 0.15) is 5.82 Å². The average Bonchev–Trinajstić information content (AvgIpc) is 3.45. The number of pyridine rings is 1. The first-order chi connectivity index (χ1) is 14.4. The van der Waals surface area contributed by atoms with Crippen molar-refractivity contribution in [2.24, 2.45) is 0 Å². The van der Waals surface area contributed by atoms with E-state index in [1.807, 2.05) is 17.5 Å². The second kappa shape index (κ2) is 8.43. The van der Waals surface area contributed by atoms with Gasteiger partial charge in [-0.2, -0.15) is 0 Å². The van der Waals surface area contributed by atoms with Crippen molar-refractivity contribution in [2.45, 2.75) is 16.5 Å². The third-order valence-electron chi connectivity index (χ3n) is 4.25. The van der Waals surface area contributed by atoms with Crippen molar-refractivity contribution in [2.75, 3.05) is 4.90 Å². The highest BCUT2D eigenvalue weighted by Gasteiger charge is 2.27. The Labute approximate surface area is 182 Å². The van der Waals surface area contributed by atoms with Crippen LogP contribution in [0.1, 0.15) is 15.4 Å². The lowest BCUT2D eigenvalue weighted by Crippen LogP contribution is -2.30. The van der Waals surface area contributed by atoms with Crippen LogP contribution in [-0.2, 0) is 16.4 Å². The first-order valence-electron chi connectivity index (χ1n) is 8.81. The van der Waals surface area contributed by atoms with Crippen molar-refractivity contribution >= 4 is 44.5 Å². The van der Waals surface area contributed by atoms with Crippen LogP contribution in [0.5, 0.6) is 0 Å². The lowest BCUT2D eigenvalue weighted by molar-refractivity contribution is 0.0952. The SMILES string of the molecule is O=C(c1ccc(S(=O)(=O)c2ccc(Cl)cc2)o1)N(Cc1cccs1)c1ccccn1. The summed E-state index contributed by atoms with van der Waals surface area (Å²) in [6, 6.07) is 17.4. The molecule has 4 rings (SSSR count). The van der Waals surface area contributed by atoms with Crippen LogP contribution in [0.4, 0.5) is 5.82 Å². The molecule has 1 aromatic carbocycles. The molecule has 0 aliphatic rings. The van der Waals surface area contributed by atoms with E-state index < -0.39 is 15.7 Å². The molecule has 1 amide bonds. The highest BCUT2D eigenvalue weighted by atomic mass is 35.5. The molecule has 0 radical (unpaired) electrons. The van der Waals surface area contributed by atoms with Crippen LogP contribution in [0.15, 0.2) is 92.7 Å². The summed E-state index contributed by atoms with van der Waals surface area (Å²) in [6.07, 6.45) is 1.59. The van der Waals surface area contributed by atoms with E-state index in [1.165, 1.54) is 52.6 Å². The van der Waals surface area contributed by atoms with Crippen LogP contribution >= 0.6 is 22.9 Å². The smallest absolute Gasteiger partial charge is 0.295 e. The molecular weight excluding hydrogens is 444 g/mol. The molecule has 9 heteroatoms. The predicted molar refractivity (Wildman–Crippen MR) is 115 cm³/mol. The third kappa shape index (κ3) is 4.16. The van der Waals surface area contributed by atoms with Crippen LogP contribution in [-0.4, -0.2) is 19.3 Å². The van der Waals surface area contributed by atoms with E-state index in [4.69, 9.17) is 16.0 Å². The molecule has 0 spiro atoms. The van der Waals surface area contributed by atoms with Crippen LogP contribution in [0.2, 0.25) is 5.02 Å². The van der Waals surface area contributed by atoms with Crippen molar-refractivity contribution in [3.63, 3.8) is 0 Å². The molecule has 6 nitrogen and oxygen atoms in total. The van der Waals surface area contributed by atoms with Gasteiger partial charge in [0.25, 0.3) is 5.91 Å². The van der Waals surface area contributed by atoms with Gasteiger partial charge in [0.05, 0.1) is 11.4 Å². The number of carbonyl (C=O) groups is 1. The van der Waals surface area contributed by atoms with Gasteiger partial charge in [-0.15, -0.1) is 11.3 Å². The normalized spacial score (nSPS) is 11.4. The molecule has 0 saturated heterocycles. The van der Waals surface area contributed by atoms with Gasteiger partial charge >= 0.3 is 0 Å². The van der Waals surface area contributed by atoms with Gasteiger partial charge in [-0.3, -0.25) is 9.69 Å². The van der Waals surface area contributed by atoms with Gasteiger partial charge in [-0.25, -0.2) is 13.4 Å². The zero-order chi connectivity index (χ0) is 21.1. The fourth-order valence-electron chi connectivity index (χ4n) is 2.77. The monoisotopic (exact) mass is 458 g/mol. The van der Waals surface area contributed by atoms with Crippen LogP contribution in [0.3, 0.4) is 0 Å². The lowest BCUT2D eigenvalue weighted by Gasteiger charge is -2.19. The number of hydrogen-bond donors (Lipinski definition) is 0. The fourth-order valence-corrected chi connectivity index (χ4v) is 4.76. The Morgan fingerprint density at radius 1 is 1.03 bits per heavy atom. The Balaban J connectivity index is 1.66. The topological polar surface area (TPSA) is 80.5 Å². The Hall–Kier alpha value is -2.94. The van der Waals surface area contributed by atoms with Crippen molar-refractivity contribution in [1.29, 1.82) is 0 Å². The zero-order valence-corrected chi connectivity index (χ0v) is 17.8. The first-order valence-corrected chi connectivity index (χ1v) is 11.5. The number of rotatable bonds is 6. The number of benzene rings is 1. The number of amides is 1. The highest BCUT2D eigenvalue weighted by Crippen LogP contribution is 2.26. The number of thiophene rings is 1. The van der Waals surface area contributed by atoms with Gasteiger partial charge in [0.15, 0.2) is 5.76 Å². The summed E-state index contributed by atoms with van der Waals surface area (Å²) in [5.74, 6) is -0.140. The molecule has 0 atom stereocenters. The molecule has 0 unspecified atom stereocenters. The summed E-state index contributed by atoms with van der Waals surface area (Å²) in [5, 5.41) is 2.02. The van der Waals surface area contributed by atoms with E-state index in [1.54, 1.807) is 24.4 Å². The minimum atomic E-state index is -3.92. The molecule has 152 valence electrons. The minimum Gasteiger partial charge on any atom is -0.439 e. The van der Waals surface area contributed by atoms with E-state index in [0.717, 1.165) is 4.88 Å². The van der Waals surface area contributed by atoms with Crippen LogP contribution in [0, 0.1) is 0 Å². The second-order valence-electron chi connectivity index (χ2n) is 6.23. The summed E-state index contributed by atoms with van der Waals surface area (Å²) in [7, 11) is -3.92. The Morgan fingerprint density at radius 2 is 1.83 bits per heavy atom. The molecule has 3 aromatic heterocycles. The van der Waals surface area contributed by atoms with Gasteiger partial charge in [0.2, 0.25) is 14.9 Å². The van der Waals surface area contributed by atoms with E-state index in [0.29, 0.717) is 10.8 Å². The molecular formula is C21H15ClN2O4S2. The number of anilines is 1. The van der Waals surface area contributed by atoms with E-state index in [2.05, 4.69) is 4.98 Å². The van der Waals surface area contributed by atoms with Crippen LogP contribution in [0.25, 0.3) is 0 Å². The lowest BCUT2D eigenvalue weighted by atomic mass is 10.3. The van der Waals surface area contributed by atoms with E-state index in [-0.39, 0.29) is 22.3 Å². The standard InChI is InChI=1S/C21H15ClN2O4S2/c22-15-6-8-17(9-7-15)30(26,27)20-11-10-18(28-20)21(25)24(14-16-4-3-13-29-16)19-5-1-2-12-23-19/h1-13H,14H2. The summed E-state index contributed by atoms with van der Waals surface area (Å²) < 4.78 is 31.1. The molecule has 0 bridgehead atoms. The number of furan rings is 1. The van der Waals surface area contributed by atoms with Crippen molar-refractivity contribution in [3.8, 4) is 0 Å². The summed E-state index contributed by atoms with van der Waals surface area (Å²) in [6.45, 7) is 0.285. The average molecular weight is 459 g/mol. The second-order valence-corrected chi connectivity index (χ2v) is 9.58. The molecule has 0 fully saturated rings. The predicted octanol–water partition coefficient (Wildman–Crippen LogP) is 5.07. The van der Waals surface area contributed by atoms with E-state index in [9.17, 15) is 13.2 Å². The first kappa shape index (κ1) is 20.3. The Kier molecular flexibility index (Phi) is 5.72. The quantitative estimate of drug-likeness (QED) is 0.403. The molecule has 4 aromatic rings. The molecule has 30 heavy (non-hydrogen) atoms. The zero-order valence-electron chi connectivity index (χ0n) is 15.4. The molecule has 3 heterocycles. The number of carbonyl (C=O) groups excluding carboxylic acids is 1. The van der Waals surface area contributed by atoms with Gasteiger partial charge in [-0.1, -0.05) is 23.7 Å². The maximum atomic E-state index is 13.2. The van der Waals surface area contributed by atoms with E-state index >= 15 is 0 Å². The Morgan fingerprint density at radius 3 is 2.50 bits per heavy atom. The minimum absolute atomic E-state index is 0.0282. The number of sulfone groups is 1. The van der Waals surface area contributed by atoms with Crippen molar-refractivity contribution in [1.82, 2.24) is 4.98 Å². The van der Waals surface area contributed by atoms with Crippen LogP contribution < -0.4 is 4.90 Å².